The van der Waals surface area contributed by atoms with Gasteiger partial charge in [-0.05, 0) is 38.5 Å². The zero-order valence-electron chi connectivity index (χ0n) is 15.4. The molecule has 4 heteroatoms. The fourth-order valence-corrected chi connectivity index (χ4v) is 2.26. The summed E-state index contributed by atoms with van der Waals surface area (Å²) in [5.74, 6) is 3.50. The van der Waals surface area contributed by atoms with Crippen molar-refractivity contribution in [1.82, 2.24) is 4.90 Å². The van der Waals surface area contributed by atoms with Crippen LogP contribution in [0.1, 0.15) is 66.7 Å². The summed E-state index contributed by atoms with van der Waals surface area (Å²) in [7, 11) is 0. The molecular weight excluding hydrogens is 286 g/mol. The lowest BCUT2D eigenvalue weighted by molar-refractivity contribution is -0.129. The van der Waals surface area contributed by atoms with Gasteiger partial charge in [0.2, 0.25) is 5.91 Å². The maximum atomic E-state index is 12.1. The van der Waals surface area contributed by atoms with Crippen LogP contribution in [0.5, 0.6) is 0 Å². The molecule has 0 atom stereocenters. The Balaban J connectivity index is 0. The number of carbonyl (C=O) groups excluding carboxylic acids is 1. The quantitative estimate of drug-likeness (QED) is 0.807. The first kappa shape index (κ1) is 23.3. The smallest absolute Gasteiger partial charge is 0.231 e. The fraction of sp³-hybridized carbons (Fsp3) is 0.684. The van der Waals surface area contributed by atoms with E-state index in [1.807, 2.05) is 13.8 Å². The minimum Gasteiger partial charge on any atom is -0.369 e. The van der Waals surface area contributed by atoms with Crippen molar-refractivity contribution in [2.24, 2.45) is 16.6 Å². The molecule has 0 unspecified atom stereocenters. The van der Waals surface area contributed by atoms with Crippen molar-refractivity contribution in [1.29, 1.82) is 0 Å². The second-order valence-electron chi connectivity index (χ2n) is 5.31. The molecule has 2 N–H and O–H groups in total. The third-order valence-electron chi connectivity index (χ3n) is 3.86. The number of aliphatic imine (C=N–C) groups is 1. The van der Waals surface area contributed by atoms with Crippen LogP contribution >= 0.6 is 0 Å². The van der Waals surface area contributed by atoms with Crippen molar-refractivity contribution in [3.8, 4) is 25.2 Å². The van der Waals surface area contributed by atoms with Crippen molar-refractivity contribution < 1.29 is 4.79 Å². The molecule has 0 spiro atoms. The number of carbonyl (C=O) groups is 1. The molecule has 0 bridgehead atoms. The maximum Gasteiger partial charge on any atom is 0.231 e. The Morgan fingerprint density at radius 2 is 1.74 bits per heavy atom. The number of amides is 1. The first-order valence-electron chi connectivity index (χ1n) is 8.38. The predicted molar refractivity (Wildman–Crippen MR) is 99.7 cm³/mol. The summed E-state index contributed by atoms with van der Waals surface area (Å²) >= 11 is 0. The average molecular weight is 319 g/mol. The summed E-state index contributed by atoms with van der Waals surface area (Å²) < 4.78 is 0. The third-order valence-corrected chi connectivity index (χ3v) is 3.86. The van der Waals surface area contributed by atoms with Crippen LogP contribution in [-0.2, 0) is 4.79 Å². The molecule has 4 nitrogen and oxygen atoms in total. The van der Waals surface area contributed by atoms with Gasteiger partial charge < -0.3 is 5.73 Å². The van der Waals surface area contributed by atoms with Crippen LogP contribution in [0, 0.1) is 31.1 Å². The van der Waals surface area contributed by atoms with E-state index in [4.69, 9.17) is 5.73 Å². The molecule has 1 aliphatic heterocycles. The van der Waals surface area contributed by atoms with Crippen LogP contribution < -0.4 is 5.73 Å². The number of hydrogen-bond donors (Lipinski definition) is 1. The Hall–Kier alpha value is -1.94. The van der Waals surface area contributed by atoms with Gasteiger partial charge in [-0.1, -0.05) is 27.7 Å². The summed E-state index contributed by atoms with van der Waals surface area (Å²) in [5.41, 5.74) is 5.69. The molecule has 0 saturated heterocycles. The van der Waals surface area contributed by atoms with Crippen molar-refractivity contribution in [3.63, 3.8) is 0 Å². The molecular formula is C19H33N3O. The van der Waals surface area contributed by atoms with E-state index in [0.717, 1.165) is 19.4 Å². The van der Waals surface area contributed by atoms with E-state index in [0.29, 0.717) is 18.3 Å². The Kier molecular flexibility index (Phi) is 12.8. The number of rotatable bonds is 4. The maximum absolute atomic E-state index is 12.1. The SMILES string of the molecule is C#C.C#CC.CC.CCC1(CC)CC(=O)N(CC2CC2)C(N)=N1. The van der Waals surface area contributed by atoms with Crippen LogP contribution in [0.15, 0.2) is 4.99 Å². The highest BCUT2D eigenvalue weighted by Gasteiger charge is 2.38. The Morgan fingerprint density at radius 1 is 1.30 bits per heavy atom. The van der Waals surface area contributed by atoms with E-state index in [1.54, 1.807) is 11.8 Å². The number of hydrogen-bond acceptors (Lipinski definition) is 3. The molecule has 130 valence electrons. The first-order chi connectivity index (χ1) is 11.0. The minimum absolute atomic E-state index is 0.156. The van der Waals surface area contributed by atoms with Crippen LogP contribution in [0.4, 0.5) is 0 Å². The molecule has 1 aliphatic carbocycles. The normalized spacial score (nSPS) is 17.7. The van der Waals surface area contributed by atoms with E-state index in [-0.39, 0.29) is 11.4 Å². The van der Waals surface area contributed by atoms with Gasteiger partial charge >= 0.3 is 0 Å². The fourth-order valence-electron chi connectivity index (χ4n) is 2.26. The first-order valence-corrected chi connectivity index (χ1v) is 8.38. The highest BCUT2D eigenvalue weighted by atomic mass is 16.2. The molecule has 0 aromatic heterocycles. The van der Waals surface area contributed by atoms with Gasteiger partial charge in [0.25, 0.3) is 0 Å². The zero-order valence-corrected chi connectivity index (χ0v) is 15.4. The summed E-state index contributed by atoms with van der Waals surface area (Å²) in [6.45, 7) is 10.6. The van der Waals surface area contributed by atoms with Crippen molar-refractivity contribution in [2.45, 2.75) is 72.3 Å². The Labute approximate surface area is 142 Å². The van der Waals surface area contributed by atoms with Gasteiger partial charge in [-0.3, -0.25) is 9.69 Å². The molecule has 0 aromatic carbocycles. The van der Waals surface area contributed by atoms with Gasteiger partial charge in [-0.15, -0.1) is 25.2 Å². The molecule has 1 fully saturated rings. The van der Waals surface area contributed by atoms with E-state index in [2.05, 4.69) is 44.0 Å². The molecule has 1 heterocycles. The molecule has 0 radical (unpaired) electrons. The van der Waals surface area contributed by atoms with Crippen LogP contribution in [0.3, 0.4) is 0 Å². The second-order valence-corrected chi connectivity index (χ2v) is 5.31. The topological polar surface area (TPSA) is 58.7 Å². The van der Waals surface area contributed by atoms with Gasteiger partial charge in [0, 0.05) is 6.54 Å². The Bertz CT molecular complexity index is 424. The highest BCUT2D eigenvalue weighted by molar-refractivity contribution is 5.99. The van der Waals surface area contributed by atoms with Gasteiger partial charge in [-0.2, -0.15) is 0 Å². The third kappa shape index (κ3) is 7.75. The lowest BCUT2D eigenvalue weighted by Crippen LogP contribution is -2.51. The molecule has 2 aliphatic rings. The highest BCUT2D eigenvalue weighted by Crippen LogP contribution is 2.33. The average Bonchev–Trinajstić information content (AvgIpc) is 3.39. The number of terminal acetylenes is 2. The summed E-state index contributed by atoms with van der Waals surface area (Å²) in [5, 5.41) is 0. The van der Waals surface area contributed by atoms with Crippen molar-refractivity contribution in [3.05, 3.63) is 0 Å². The van der Waals surface area contributed by atoms with E-state index in [9.17, 15) is 4.79 Å². The van der Waals surface area contributed by atoms with Gasteiger partial charge in [0.05, 0.1) is 12.0 Å². The molecule has 2 rings (SSSR count). The van der Waals surface area contributed by atoms with E-state index < -0.39 is 0 Å². The Morgan fingerprint density at radius 3 is 2.04 bits per heavy atom. The molecule has 23 heavy (non-hydrogen) atoms. The number of nitrogens with two attached hydrogens (primary N) is 1. The monoisotopic (exact) mass is 319 g/mol. The van der Waals surface area contributed by atoms with Gasteiger partial charge in [0.1, 0.15) is 0 Å². The van der Waals surface area contributed by atoms with Crippen molar-refractivity contribution in [2.75, 3.05) is 6.54 Å². The van der Waals surface area contributed by atoms with Crippen LogP contribution in [0.25, 0.3) is 0 Å². The van der Waals surface area contributed by atoms with Crippen LogP contribution in [0.2, 0.25) is 0 Å². The summed E-state index contributed by atoms with van der Waals surface area (Å²) in [4.78, 5) is 18.3. The largest absolute Gasteiger partial charge is 0.369 e. The van der Waals surface area contributed by atoms with Crippen LogP contribution in [-0.4, -0.2) is 28.9 Å². The molecule has 1 saturated carbocycles. The molecule has 0 aromatic rings. The van der Waals surface area contributed by atoms with Gasteiger partial charge in [-0.25, -0.2) is 4.99 Å². The molecule has 1 amide bonds. The van der Waals surface area contributed by atoms with Crippen molar-refractivity contribution >= 4 is 11.9 Å². The number of nitrogens with zero attached hydrogens (tertiary/aromatic N) is 2. The van der Waals surface area contributed by atoms with Gasteiger partial charge in [0.15, 0.2) is 5.96 Å². The number of guanidine groups is 1. The lowest BCUT2D eigenvalue weighted by Gasteiger charge is -2.36. The standard InChI is InChI=1S/C12H21N3O.C3H4.C2H6.C2H2/c1-3-12(4-2)7-10(16)15(11(13)14-12)8-9-5-6-9;1-3-2;2*1-2/h9H,3-8H2,1-2H3,(H2,13,14);1H,2H3;1-2H3;1-2H. The lowest BCUT2D eigenvalue weighted by atomic mass is 9.88. The van der Waals surface area contributed by atoms with E-state index in [1.165, 1.54) is 12.8 Å². The second kappa shape index (κ2) is 12.6. The predicted octanol–water partition coefficient (Wildman–Crippen LogP) is 3.42. The van der Waals surface area contributed by atoms with E-state index >= 15 is 0 Å². The summed E-state index contributed by atoms with van der Waals surface area (Å²) in [6, 6.07) is 0. The minimum atomic E-state index is -0.235. The zero-order chi connectivity index (χ0) is 18.5. The summed E-state index contributed by atoms with van der Waals surface area (Å²) in [6.07, 6.45) is 17.3.